The predicted molar refractivity (Wildman–Crippen MR) is 93.8 cm³/mol. The quantitative estimate of drug-likeness (QED) is 0.526. The van der Waals surface area contributed by atoms with E-state index in [1.54, 1.807) is 27.6 Å². The highest BCUT2D eigenvalue weighted by Gasteiger charge is 2.17. The standard InChI is InChI=1S/C17H14ClN5O/c1-3-22-9-12-11-6-7-14(18)20-16(11)23(17(24)15(12)21-22)13-5-4-8-19-10(13)2/h4-9H,3H2,1-2H3. The van der Waals surface area contributed by atoms with Gasteiger partial charge in [0.05, 0.1) is 11.4 Å². The van der Waals surface area contributed by atoms with Gasteiger partial charge in [0.25, 0.3) is 5.56 Å². The van der Waals surface area contributed by atoms with Gasteiger partial charge in [0.15, 0.2) is 5.52 Å². The first-order valence-corrected chi connectivity index (χ1v) is 7.98. The molecule has 4 rings (SSSR count). The molecule has 0 amide bonds. The molecule has 0 aromatic carbocycles. The summed E-state index contributed by atoms with van der Waals surface area (Å²) in [4.78, 5) is 21.8. The minimum Gasteiger partial charge on any atom is -0.272 e. The maximum absolute atomic E-state index is 13.1. The Morgan fingerprint density at radius 3 is 2.79 bits per heavy atom. The van der Waals surface area contributed by atoms with Gasteiger partial charge in [-0.2, -0.15) is 5.10 Å². The lowest BCUT2D eigenvalue weighted by Gasteiger charge is -2.12. The Balaban J connectivity index is 2.26. The van der Waals surface area contributed by atoms with E-state index in [9.17, 15) is 4.79 Å². The summed E-state index contributed by atoms with van der Waals surface area (Å²) in [7, 11) is 0. The molecule has 6 nitrogen and oxygen atoms in total. The van der Waals surface area contributed by atoms with Crippen LogP contribution in [0.15, 0.2) is 41.5 Å². The molecule has 0 N–H and O–H groups in total. The summed E-state index contributed by atoms with van der Waals surface area (Å²) in [5.74, 6) is 0. The van der Waals surface area contributed by atoms with Crippen LogP contribution in [0.1, 0.15) is 12.6 Å². The minimum atomic E-state index is -0.226. The molecule has 7 heteroatoms. The predicted octanol–water partition coefficient (Wildman–Crippen LogP) is 3.11. The van der Waals surface area contributed by atoms with Gasteiger partial charge in [0, 0.05) is 29.7 Å². The van der Waals surface area contributed by atoms with Gasteiger partial charge >= 0.3 is 0 Å². The highest BCUT2D eigenvalue weighted by atomic mass is 35.5. The molecule has 4 heterocycles. The van der Waals surface area contributed by atoms with E-state index < -0.39 is 0 Å². The Morgan fingerprint density at radius 1 is 1.21 bits per heavy atom. The first-order chi connectivity index (χ1) is 11.6. The van der Waals surface area contributed by atoms with E-state index in [0.29, 0.717) is 28.5 Å². The van der Waals surface area contributed by atoms with Crippen LogP contribution in [0.2, 0.25) is 5.15 Å². The molecule has 0 aliphatic carbocycles. The van der Waals surface area contributed by atoms with Crippen LogP contribution in [0.5, 0.6) is 0 Å². The second-order valence-electron chi connectivity index (χ2n) is 5.50. The summed E-state index contributed by atoms with van der Waals surface area (Å²) in [6.45, 7) is 4.52. The minimum absolute atomic E-state index is 0.226. The van der Waals surface area contributed by atoms with Crippen molar-refractivity contribution in [3.8, 4) is 5.69 Å². The molecule has 0 saturated carbocycles. The molecule has 24 heavy (non-hydrogen) atoms. The number of halogens is 1. The lowest BCUT2D eigenvalue weighted by Crippen LogP contribution is -2.21. The van der Waals surface area contributed by atoms with Crippen molar-refractivity contribution in [2.75, 3.05) is 0 Å². The molecule has 0 atom stereocenters. The number of rotatable bonds is 2. The van der Waals surface area contributed by atoms with Gasteiger partial charge in [-0.15, -0.1) is 0 Å². The van der Waals surface area contributed by atoms with Crippen LogP contribution in [0.3, 0.4) is 0 Å². The van der Waals surface area contributed by atoms with Crippen LogP contribution in [-0.2, 0) is 6.54 Å². The summed E-state index contributed by atoms with van der Waals surface area (Å²) in [6.07, 6.45) is 3.56. The van der Waals surface area contributed by atoms with Gasteiger partial charge in [0.1, 0.15) is 10.8 Å². The first kappa shape index (κ1) is 14.8. The third-order valence-corrected chi connectivity index (χ3v) is 4.26. The molecule has 4 aromatic rings. The van der Waals surface area contributed by atoms with E-state index in [0.717, 1.165) is 16.5 Å². The average Bonchev–Trinajstić information content (AvgIpc) is 3.01. The number of hydrogen-bond donors (Lipinski definition) is 0. The maximum atomic E-state index is 13.1. The Hall–Kier alpha value is -2.73. The molecule has 4 aromatic heterocycles. The van der Waals surface area contributed by atoms with E-state index in [2.05, 4.69) is 15.1 Å². The number of aromatic nitrogens is 5. The second kappa shape index (κ2) is 5.42. The van der Waals surface area contributed by atoms with Gasteiger partial charge in [-0.25, -0.2) is 4.98 Å². The maximum Gasteiger partial charge on any atom is 0.285 e. The van der Waals surface area contributed by atoms with Gasteiger partial charge in [0.2, 0.25) is 0 Å². The van der Waals surface area contributed by atoms with Crippen LogP contribution < -0.4 is 5.56 Å². The number of aryl methyl sites for hydroxylation is 2. The van der Waals surface area contributed by atoms with Crippen molar-refractivity contribution in [1.29, 1.82) is 0 Å². The molecule has 0 spiro atoms. The SMILES string of the molecule is CCn1cc2c(n1)c(=O)n(-c1cccnc1C)c1nc(Cl)ccc21. The third kappa shape index (κ3) is 2.11. The first-order valence-electron chi connectivity index (χ1n) is 7.60. The lowest BCUT2D eigenvalue weighted by atomic mass is 10.2. The van der Waals surface area contributed by atoms with Crippen LogP contribution in [0.25, 0.3) is 27.6 Å². The summed E-state index contributed by atoms with van der Waals surface area (Å²) in [5.41, 5.74) is 2.10. The average molecular weight is 340 g/mol. The van der Waals surface area contributed by atoms with Crippen LogP contribution in [0, 0.1) is 6.92 Å². The van der Waals surface area contributed by atoms with Crippen molar-refractivity contribution in [3.05, 3.63) is 57.9 Å². The fourth-order valence-electron chi connectivity index (χ4n) is 2.88. The van der Waals surface area contributed by atoms with Crippen LogP contribution in [0.4, 0.5) is 0 Å². The summed E-state index contributed by atoms with van der Waals surface area (Å²) in [6, 6.07) is 7.22. The Kier molecular flexibility index (Phi) is 3.35. The Labute approximate surface area is 142 Å². The van der Waals surface area contributed by atoms with E-state index in [-0.39, 0.29) is 5.56 Å². The van der Waals surface area contributed by atoms with Gasteiger partial charge < -0.3 is 0 Å². The fraction of sp³-hybridized carbons (Fsp3) is 0.176. The Morgan fingerprint density at radius 2 is 2.04 bits per heavy atom. The number of fused-ring (bicyclic) bond motifs is 3. The van der Waals surface area contributed by atoms with Gasteiger partial charge in [-0.1, -0.05) is 11.6 Å². The fourth-order valence-corrected chi connectivity index (χ4v) is 3.03. The Bertz CT molecular complexity index is 1150. The number of pyridine rings is 3. The number of hydrogen-bond acceptors (Lipinski definition) is 4. The topological polar surface area (TPSA) is 65.6 Å². The molecule has 0 radical (unpaired) electrons. The number of nitrogens with zero attached hydrogens (tertiary/aromatic N) is 5. The molecular formula is C17H14ClN5O. The van der Waals surface area contributed by atoms with E-state index in [1.165, 1.54) is 0 Å². The molecular weight excluding hydrogens is 326 g/mol. The normalized spacial score (nSPS) is 11.5. The van der Waals surface area contributed by atoms with Crippen molar-refractivity contribution in [3.63, 3.8) is 0 Å². The highest BCUT2D eigenvalue weighted by molar-refractivity contribution is 6.30. The van der Waals surface area contributed by atoms with Crippen molar-refractivity contribution >= 4 is 33.5 Å². The van der Waals surface area contributed by atoms with Crippen molar-refractivity contribution in [2.24, 2.45) is 0 Å². The van der Waals surface area contributed by atoms with Crippen molar-refractivity contribution in [2.45, 2.75) is 20.4 Å². The molecule has 120 valence electrons. The second-order valence-corrected chi connectivity index (χ2v) is 5.89. The zero-order chi connectivity index (χ0) is 16.8. The van der Waals surface area contributed by atoms with Crippen LogP contribution in [-0.4, -0.2) is 24.3 Å². The molecule has 0 aliphatic heterocycles. The molecule has 0 fully saturated rings. The summed E-state index contributed by atoms with van der Waals surface area (Å²) < 4.78 is 3.29. The molecule has 0 aliphatic rings. The summed E-state index contributed by atoms with van der Waals surface area (Å²) in [5, 5.41) is 6.36. The van der Waals surface area contributed by atoms with E-state index in [4.69, 9.17) is 11.6 Å². The van der Waals surface area contributed by atoms with Crippen molar-refractivity contribution < 1.29 is 0 Å². The smallest absolute Gasteiger partial charge is 0.272 e. The van der Waals surface area contributed by atoms with Gasteiger partial charge in [-0.05, 0) is 38.1 Å². The third-order valence-electron chi connectivity index (χ3n) is 4.05. The summed E-state index contributed by atoms with van der Waals surface area (Å²) >= 11 is 6.09. The van der Waals surface area contributed by atoms with E-state index >= 15 is 0 Å². The van der Waals surface area contributed by atoms with E-state index in [1.807, 2.05) is 32.2 Å². The van der Waals surface area contributed by atoms with Crippen molar-refractivity contribution in [1.82, 2.24) is 24.3 Å². The zero-order valence-electron chi connectivity index (χ0n) is 13.2. The molecule has 0 bridgehead atoms. The van der Waals surface area contributed by atoms with Crippen LogP contribution >= 0.6 is 11.6 Å². The monoisotopic (exact) mass is 339 g/mol. The highest BCUT2D eigenvalue weighted by Crippen LogP contribution is 2.25. The zero-order valence-corrected chi connectivity index (χ0v) is 13.9. The molecule has 0 unspecified atom stereocenters. The largest absolute Gasteiger partial charge is 0.285 e. The van der Waals surface area contributed by atoms with Gasteiger partial charge in [-0.3, -0.25) is 19.0 Å². The molecule has 0 saturated heterocycles. The lowest BCUT2D eigenvalue weighted by molar-refractivity contribution is 0.667.